The second-order valence-electron chi connectivity index (χ2n) is 3.23. The summed E-state index contributed by atoms with van der Waals surface area (Å²) in [6.07, 6.45) is 1.72. The van der Waals surface area contributed by atoms with E-state index in [1.54, 1.807) is 0 Å². The van der Waals surface area contributed by atoms with Gasteiger partial charge < -0.3 is 10.5 Å². The summed E-state index contributed by atoms with van der Waals surface area (Å²) < 4.78 is 22.1. The maximum atomic E-state index is 11.0. The number of carbonyl (C=O) groups excluding carboxylic acids is 1. The standard InChI is InChI=1S/C7H13NO3S/c8-7-5-12(10,11)4-2-6(7)1-3-9/h3,6-7H,1-2,4-5,8H2. The normalized spacial score (nSPS) is 34.4. The smallest absolute Gasteiger partial charge is 0.151 e. The lowest BCUT2D eigenvalue weighted by Gasteiger charge is -2.26. The number of aldehydes is 1. The molecule has 0 aliphatic carbocycles. The first-order chi connectivity index (χ1) is 5.55. The molecule has 1 rings (SSSR count). The summed E-state index contributed by atoms with van der Waals surface area (Å²) in [5.74, 6) is 0.274. The van der Waals surface area contributed by atoms with Gasteiger partial charge >= 0.3 is 0 Å². The molecule has 1 saturated heterocycles. The predicted molar refractivity (Wildman–Crippen MR) is 45.4 cm³/mol. The third-order valence-electron chi connectivity index (χ3n) is 2.25. The van der Waals surface area contributed by atoms with Crippen LogP contribution in [0.2, 0.25) is 0 Å². The van der Waals surface area contributed by atoms with Gasteiger partial charge in [-0.25, -0.2) is 8.42 Å². The zero-order chi connectivity index (χ0) is 9.19. The molecule has 0 bridgehead atoms. The van der Waals surface area contributed by atoms with Crippen molar-refractivity contribution < 1.29 is 13.2 Å². The van der Waals surface area contributed by atoms with Crippen molar-refractivity contribution in [3.05, 3.63) is 0 Å². The van der Waals surface area contributed by atoms with Gasteiger partial charge in [0.25, 0.3) is 0 Å². The fourth-order valence-electron chi connectivity index (χ4n) is 1.47. The first-order valence-electron chi connectivity index (χ1n) is 3.95. The summed E-state index contributed by atoms with van der Waals surface area (Å²) in [6, 6.07) is -0.353. The second-order valence-corrected chi connectivity index (χ2v) is 5.46. The van der Waals surface area contributed by atoms with E-state index in [1.165, 1.54) is 0 Å². The van der Waals surface area contributed by atoms with E-state index in [0.717, 1.165) is 6.29 Å². The van der Waals surface area contributed by atoms with Crippen LogP contribution in [0.1, 0.15) is 12.8 Å². The Balaban J connectivity index is 2.59. The average Bonchev–Trinajstić information content (AvgIpc) is 1.94. The van der Waals surface area contributed by atoms with Crippen LogP contribution in [0.4, 0.5) is 0 Å². The molecule has 1 aliphatic rings. The average molecular weight is 191 g/mol. The summed E-state index contributed by atoms with van der Waals surface area (Å²) in [5, 5.41) is 0. The number of rotatable bonds is 2. The maximum Gasteiger partial charge on any atom is 0.151 e. The van der Waals surface area contributed by atoms with E-state index in [-0.39, 0.29) is 23.5 Å². The molecule has 70 valence electrons. The summed E-state index contributed by atoms with van der Waals surface area (Å²) in [7, 11) is -2.92. The molecule has 4 nitrogen and oxygen atoms in total. The minimum Gasteiger partial charge on any atom is -0.327 e. The first-order valence-corrected chi connectivity index (χ1v) is 5.77. The van der Waals surface area contributed by atoms with Crippen molar-refractivity contribution in [3.8, 4) is 0 Å². The molecule has 0 spiro atoms. The molecule has 0 amide bonds. The van der Waals surface area contributed by atoms with Crippen LogP contribution < -0.4 is 5.73 Å². The summed E-state index contributed by atoms with van der Waals surface area (Å²) in [5.41, 5.74) is 5.60. The second kappa shape index (κ2) is 3.53. The van der Waals surface area contributed by atoms with Crippen molar-refractivity contribution in [2.75, 3.05) is 11.5 Å². The minimum atomic E-state index is -2.92. The van der Waals surface area contributed by atoms with Crippen LogP contribution in [0.15, 0.2) is 0 Å². The lowest BCUT2D eigenvalue weighted by molar-refractivity contribution is -0.108. The quantitative estimate of drug-likeness (QED) is 0.588. The Labute approximate surface area is 72.0 Å². The highest BCUT2D eigenvalue weighted by molar-refractivity contribution is 7.91. The lowest BCUT2D eigenvalue weighted by atomic mass is 9.95. The topological polar surface area (TPSA) is 77.2 Å². The first kappa shape index (κ1) is 9.67. The van der Waals surface area contributed by atoms with Crippen LogP contribution in [0.5, 0.6) is 0 Å². The predicted octanol–water partition coefficient (Wildman–Crippen LogP) is -0.663. The molecule has 0 aromatic rings. The number of sulfone groups is 1. The van der Waals surface area contributed by atoms with Crippen molar-refractivity contribution >= 4 is 16.1 Å². The van der Waals surface area contributed by atoms with Crippen molar-refractivity contribution in [1.82, 2.24) is 0 Å². The van der Waals surface area contributed by atoms with E-state index in [1.807, 2.05) is 0 Å². The van der Waals surface area contributed by atoms with Gasteiger partial charge in [-0.05, 0) is 12.3 Å². The highest BCUT2D eigenvalue weighted by Crippen LogP contribution is 2.19. The number of nitrogens with two attached hydrogens (primary N) is 1. The lowest BCUT2D eigenvalue weighted by Crippen LogP contribution is -2.43. The van der Waals surface area contributed by atoms with Crippen molar-refractivity contribution in [3.63, 3.8) is 0 Å². The molecule has 0 radical (unpaired) electrons. The summed E-state index contributed by atoms with van der Waals surface area (Å²) >= 11 is 0. The van der Waals surface area contributed by atoms with Gasteiger partial charge in [-0.1, -0.05) is 0 Å². The third-order valence-corrected chi connectivity index (χ3v) is 4.00. The molecule has 12 heavy (non-hydrogen) atoms. The Morgan fingerprint density at radius 3 is 2.67 bits per heavy atom. The van der Waals surface area contributed by atoms with Crippen molar-refractivity contribution in [2.24, 2.45) is 11.7 Å². The molecule has 2 unspecified atom stereocenters. The molecule has 5 heteroatoms. The van der Waals surface area contributed by atoms with Gasteiger partial charge in [-0.2, -0.15) is 0 Å². The Morgan fingerprint density at radius 1 is 1.50 bits per heavy atom. The highest BCUT2D eigenvalue weighted by atomic mass is 32.2. The molecule has 1 fully saturated rings. The maximum absolute atomic E-state index is 11.0. The van der Waals surface area contributed by atoms with E-state index < -0.39 is 9.84 Å². The van der Waals surface area contributed by atoms with E-state index in [4.69, 9.17) is 5.73 Å². The van der Waals surface area contributed by atoms with E-state index in [9.17, 15) is 13.2 Å². The third kappa shape index (κ3) is 2.28. The van der Waals surface area contributed by atoms with Crippen LogP contribution in [0.3, 0.4) is 0 Å². The zero-order valence-corrected chi connectivity index (χ0v) is 7.59. The Bertz CT molecular complexity index is 260. The SMILES string of the molecule is NC1CS(=O)(=O)CCC1CC=O. The fraction of sp³-hybridized carbons (Fsp3) is 0.857. The fourth-order valence-corrected chi connectivity index (χ4v) is 3.16. The Kier molecular flexibility index (Phi) is 2.85. The zero-order valence-electron chi connectivity index (χ0n) is 6.77. The number of hydrogen-bond acceptors (Lipinski definition) is 4. The van der Waals surface area contributed by atoms with Crippen molar-refractivity contribution in [1.29, 1.82) is 0 Å². The van der Waals surface area contributed by atoms with Gasteiger partial charge in [0.2, 0.25) is 0 Å². The summed E-state index contributed by atoms with van der Waals surface area (Å²) in [4.78, 5) is 10.2. The van der Waals surface area contributed by atoms with Gasteiger partial charge in [0.05, 0.1) is 11.5 Å². The van der Waals surface area contributed by atoms with E-state index in [2.05, 4.69) is 0 Å². The minimum absolute atomic E-state index is 0.0332. The van der Waals surface area contributed by atoms with Crippen LogP contribution in [0.25, 0.3) is 0 Å². The molecule has 1 heterocycles. The largest absolute Gasteiger partial charge is 0.327 e. The summed E-state index contributed by atoms with van der Waals surface area (Å²) in [6.45, 7) is 0. The molecule has 0 aromatic carbocycles. The molecular weight excluding hydrogens is 178 g/mol. The van der Waals surface area contributed by atoms with Gasteiger partial charge in [0, 0.05) is 12.5 Å². The molecule has 1 aliphatic heterocycles. The Hall–Kier alpha value is -0.420. The molecule has 0 saturated carbocycles. The molecule has 0 aromatic heterocycles. The molecule has 2 N–H and O–H groups in total. The van der Waals surface area contributed by atoms with Gasteiger partial charge in [0.1, 0.15) is 6.29 Å². The van der Waals surface area contributed by atoms with Gasteiger partial charge in [-0.3, -0.25) is 0 Å². The van der Waals surface area contributed by atoms with Crippen LogP contribution in [-0.4, -0.2) is 32.3 Å². The number of hydrogen-bond donors (Lipinski definition) is 1. The van der Waals surface area contributed by atoms with Gasteiger partial charge in [0.15, 0.2) is 9.84 Å². The van der Waals surface area contributed by atoms with Gasteiger partial charge in [-0.15, -0.1) is 0 Å². The van der Waals surface area contributed by atoms with Crippen LogP contribution in [-0.2, 0) is 14.6 Å². The van der Waals surface area contributed by atoms with Crippen LogP contribution in [0, 0.1) is 5.92 Å². The van der Waals surface area contributed by atoms with Crippen LogP contribution >= 0.6 is 0 Å². The van der Waals surface area contributed by atoms with Crippen molar-refractivity contribution in [2.45, 2.75) is 18.9 Å². The highest BCUT2D eigenvalue weighted by Gasteiger charge is 2.29. The molecular formula is C7H13NO3S. The molecule has 2 atom stereocenters. The monoisotopic (exact) mass is 191 g/mol. The number of carbonyl (C=O) groups is 1. The van der Waals surface area contributed by atoms with E-state index in [0.29, 0.717) is 12.8 Å². The Morgan fingerprint density at radius 2 is 2.17 bits per heavy atom. The van der Waals surface area contributed by atoms with E-state index >= 15 is 0 Å².